The molecule has 1 amide bonds. The molecule has 256 valence electrons. The molecule has 10 nitrogen and oxygen atoms in total. The zero-order valence-corrected chi connectivity index (χ0v) is 29.8. The first-order valence-electron chi connectivity index (χ1n) is 15.6. The zero-order valence-electron chi connectivity index (χ0n) is 28.1. The topological polar surface area (TPSA) is 120 Å². The molecule has 1 fully saturated rings. The second kappa shape index (κ2) is 15.1. The van der Waals surface area contributed by atoms with Gasteiger partial charge in [0.1, 0.15) is 18.1 Å². The number of rotatable bonds is 12. The fraction of sp³-hybridized carbons (Fsp3) is 0.211. The molecule has 2 heterocycles. The molecule has 0 radical (unpaired) electrons. The van der Waals surface area contributed by atoms with E-state index in [1.807, 2.05) is 50.2 Å². The maximum atomic E-state index is 13.9. The number of aliphatic hydroxyl groups excluding tert-OH is 1. The second-order valence-corrected chi connectivity index (χ2v) is 13.7. The zero-order chi connectivity index (χ0) is 35.4. The fourth-order valence-corrected chi connectivity index (χ4v) is 7.41. The van der Waals surface area contributed by atoms with Gasteiger partial charge < -0.3 is 24.1 Å². The Balaban J connectivity index is 1.37. The van der Waals surface area contributed by atoms with Crippen LogP contribution >= 0.6 is 23.1 Å². The molecule has 1 unspecified atom stereocenters. The lowest BCUT2D eigenvalue weighted by atomic mass is 9.94. The van der Waals surface area contributed by atoms with Gasteiger partial charge in [-0.15, -0.1) is 10.2 Å². The molecule has 5 aromatic rings. The Bertz CT molecular complexity index is 2030. The second-order valence-electron chi connectivity index (χ2n) is 11.5. The molecule has 0 spiro atoms. The van der Waals surface area contributed by atoms with Crippen LogP contribution in [0.1, 0.15) is 39.4 Å². The molecule has 1 N–H and O–H groups in total. The average Bonchev–Trinajstić information content (AvgIpc) is 3.71. The van der Waals surface area contributed by atoms with E-state index in [1.165, 1.54) is 54.9 Å². The van der Waals surface area contributed by atoms with Gasteiger partial charge in [0.15, 0.2) is 15.8 Å². The van der Waals surface area contributed by atoms with Gasteiger partial charge in [0, 0.05) is 11.3 Å². The molecule has 0 saturated carbocycles. The van der Waals surface area contributed by atoms with Gasteiger partial charge in [0.25, 0.3) is 5.78 Å². The first-order valence-corrected chi connectivity index (χ1v) is 17.4. The van der Waals surface area contributed by atoms with E-state index in [2.05, 4.69) is 22.3 Å². The minimum atomic E-state index is -1.09. The summed E-state index contributed by atoms with van der Waals surface area (Å²) < 4.78 is 23.3. The number of anilines is 1. The molecular weight excluding hydrogens is 675 g/mol. The van der Waals surface area contributed by atoms with Crippen LogP contribution < -0.4 is 23.8 Å². The molecule has 0 aliphatic carbocycles. The smallest absolute Gasteiger partial charge is 0.301 e. The lowest BCUT2D eigenvalue weighted by molar-refractivity contribution is -0.132. The summed E-state index contributed by atoms with van der Waals surface area (Å²) in [6.45, 7) is 4.43. The van der Waals surface area contributed by atoms with Crippen molar-refractivity contribution < 1.29 is 33.6 Å². The van der Waals surface area contributed by atoms with Crippen LogP contribution in [0, 0.1) is 13.8 Å². The first kappa shape index (κ1) is 34.5. The number of aryl methyl sites for hydroxylation is 2. The number of hydrogen-bond acceptors (Lipinski definition) is 11. The summed E-state index contributed by atoms with van der Waals surface area (Å²) in [5.41, 5.74) is 5.09. The van der Waals surface area contributed by atoms with Crippen LogP contribution in [-0.2, 0) is 21.9 Å². The van der Waals surface area contributed by atoms with Crippen LogP contribution in [0.25, 0.3) is 5.76 Å². The van der Waals surface area contributed by atoms with E-state index in [0.29, 0.717) is 50.8 Å². The Morgan fingerprint density at radius 2 is 1.56 bits per heavy atom. The first-order chi connectivity index (χ1) is 24.2. The average molecular weight is 710 g/mol. The van der Waals surface area contributed by atoms with Gasteiger partial charge in [0.05, 0.1) is 32.9 Å². The van der Waals surface area contributed by atoms with E-state index < -0.39 is 17.7 Å². The van der Waals surface area contributed by atoms with Crippen LogP contribution in [0.3, 0.4) is 0 Å². The summed E-state index contributed by atoms with van der Waals surface area (Å²) in [7, 11) is 4.43. The van der Waals surface area contributed by atoms with E-state index in [4.69, 9.17) is 18.9 Å². The Kier molecular flexibility index (Phi) is 10.4. The Labute approximate surface area is 298 Å². The largest absolute Gasteiger partial charge is 0.507 e. The minimum Gasteiger partial charge on any atom is -0.507 e. The highest BCUT2D eigenvalue weighted by molar-refractivity contribution is 8.00. The SMILES string of the molecule is COc1cc(C2/C(=C(\O)c3ccc(OCc4ccccc4C)cc3)C(=O)C(=O)N2c2nnc(SCc3ccc(C)cc3)s2)cc(OC)c1OC. The van der Waals surface area contributed by atoms with Gasteiger partial charge >= 0.3 is 5.91 Å². The molecule has 1 atom stereocenters. The fourth-order valence-electron chi connectivity index (χ4n) is 5.59. The lowest BCUT2D eigenvalue weighted by Crippen LogP contribution is -2.29. The van der Waals surface area contributed by atoms with Crippen LogP contribution in [0.4, 0.5) is 5.13 Å². The quantitative estimate of drug-likeness (QED) is 0.0454. The van der Waals surface area contributed by atoms with Gasteiger partial charge in [0.2, 0.25) is 10.9 Å². The predicted molar refractivity (Wildman–Crippen MR) is 193 cm³/mol. The third-order valence-electron chi connectivity index (χ3n) is 8.32. The van der Waals surface area contributed by atoms with Crippen molar-refractivity contribution >= 4 is 45.7 Å². The number of nitrogens with zero attached hydrogens (tertiary/aromatic N) is 3. The number of thioether (sulfide) groups is 1. The number of hydrogen-bond donors (Lipinski definition) is 1. The Morgan fingerprint density at radius 3 is 2.20 bits per heavy atom. The lowest BCUT2D eigenvalue weighted by Gasteiger charge is -2.24. The third kappa shape index (κ3) is 7.03. The number of Topliss-reactive ketones (excluding diaryl/α,β-unsaturated/α-hetero) is 1. The number of carbonyl (C=O) groups is 2. The number of ketones is 1. The highest BCUT2D eigenvalue weighted by Crippen LogP contribution is 2.48. The van der Waals surface area contributed by atoms with Gasteiger partial charge in [-0.05, 0) is 72.5 Å². The normalized spacial score (nSPS) is 15.3. The van der Waals surface area contributed by atoms with Gasteiger partial charge in [-0.2, -0.15) is 0 Å². The van der Waals surface area contributed by atoms with Crippen molar-refractivity contribution in [3.63, 3.8) is 0 Å². The highest BCUT2D eigenvalue weighted by atomic mass is 32.2. The molecule has 1 aliphatic heterocycles. The highest BCUT2D eigenvalue weighted by Gasteiger charge is 2.49. The van der Waals surface area contributed by atoms with E-state index >= 15 is 0 Å². The molecule has 1 aliphatic rings. The van der Waals surface area contributed by atoms with Crippen molar-refractivity contribution in [3.05, 3.63) is 124 Å². The van der Waals surface area contributed by atoms with Crippen molar-refractivity contribution in [1.29, 1.82) is 0 Å². The van der Waals surface area contributed by atoms with Crippen LogP contribution in [0.15, 0.2) is 94.8 Å². The van der Waals surface area contributed by atoms with Crippen molar-refractivity contribution in [2.24, 2.45) is 0 Å². The van der Waals surface area contributed by atoms with Crippen LogP contribution in [0.2, 0.25) is 0 Å². The monoisotopic (exact) mass is 709 g/mol. The van der Waals surface area contributed by atoms with Crippen molar-refractivity contribution in [1.82, 2.24) is 10.2 Å². The van der Waals surface area contributed by atoms with E-state index in [0.717, 1.165) is 16.7 Å². The van der Waals surface area contributed by atoms with E-state index in [9.17, 15) is 14.7 Å². The minimum absolute atomic E-state index is 0.123. The van der Waals surface area contributed by atoms with Crippen molar-refractivity contribution in [3.8, 4) is 23.0 Å². The summed E-state index contributed by atoms with van der Waals surface area (Å²) in [4.78, 5) is 29.0. The molecule has 50 heavy (non-hydrogen) atoms. The standard InChI is InChI=1S/C38H35N3O7S2/c1-22-10-12-24(13-11-22)21-49-38-40-39-37(50-38)41-32(27-18-29(45-3)35(47-5)30(19-27)46-4)31(34(43)36(41)44)33(42)25-14-16-28(17-15-25)48-20-26-9-7-6-8-23(26)2/h6-19,32,42H,20-21H2,1-5H3/b33-31+. The maximum absolute atomic E-state index is 13.9. The Morgan fingerprint density at radius 1 is 0.880 bits per heavy atom. The molecule has 12 heteroatoms. The van der Waals surface area contributed by atoms with Gasteiger partial charge in [-0.1, -0.05) is 77.2 Å². The molecule has 4 aromatic carbocycles. The summed E-state index contributed by atoms with van der Waals surface area (Å²) in [5, 5.41) is 20.6. The summed E-state index contributed by atoms with van der Waals surface area (Å²) >= 11 is 2.66. The number of amides is 1. The third-order valence-corrected chi connectivity index (χ3v) is 10.4. The maximum Gasteiger partial charge on any atom is 0.301 e. The summed E-state index contributed by atoms with van der Waals surface area (Å²) in [6, 6.07) is 25.1. The number of carbonyl (C=O) groups excluding carboxylic acids is 2. The van der Waals surface area contributed by atoms with E-state index in [1.54, 1.807) is 36.4 Å². The molecule has 0 bridgehead atoms. The van der Waals surface area contributed by atoms with Crippen LogP contribution in [-0.4, -0.2) is 48.3 Å². The van der Waals surface area contributed by atoms with Gasteiger partial charge in [-0.3, -0.25) is 14.5 Å². The summed E-state index contributed by atoms with van der Waals surface area (Å²) in [5.74, 6) is 0.116. The van der Waals surface area contributed by atoms with E-state index in [-0.39, 0.29) is 16.5 Å². The summed E-state index contributed by atoms with van der Waals surface area (Å²) in [6.07, 6.45) is 0. The molecule has 1 aromatic heterocycles. The van der Waals surface area contributed by atoms with Gasteiger partial charge in [-0.25, -0.2) is 0 Å². The predicted octanol–water partition coefficient (Wildman–Crippen LogP) is 7.68. The molecule has 1 saturated heterocycles. The molecule has 6 rings (SSSR count). The molecular formula is C38H35N3O7S2. The number of aromatic nitrogens is 2. The number of aliphatic hydroxyl groups is 1. The Hall–Kier alpha value is -5.33. The van der Waals surface area contributed by atoms with Crippen molar-refractivity contribution in [2.75, 3.05) is 26.2 Å². The van der Waals surface area contributed by atoms with Crippen LogP contribution in [0.5, 0.6) is 23.0 Å². The number of benzene rings is 4. The number of methoxy groups -OCH3 is 3. The number of ether oxygens (including phenoxy) is 4. The van der Waals surface area contributed by atoms with Crippen molar-refractivity contribution in [2.45, 2.75) is 36.6 Å².